The fourth-order valence-corrected chi connectivity index (χ4v) is 2.40. The van der Waals surface area contributed by atoms with Gasteiger partial charge in [-0.2, -0.15) is 4.68 Å². The molecule has 0 bridgehead atoms. The van der Waals surface area contributed by atoms with Crippen molar-refractivity contribution in [3.63, 3.8) is 0 Å². The van der Waals surface area contributed by atoms with Crippen LogP contribution < -0.4 is 10.1 Å². The van der Waals surface area contributed by atoms with E-state index < -0.39 is 0 Å². The molecule has 3 rings (SSSR count). The van der Waals surface area contributed by atoms with Crippen LogP contribution in [-0.2, 0) is 11.3 Å². The molecule has 0 spiro atoms. The van der Waals surface area contributed by atoms with E-state index in [-0.39, 0.29) is 19.1 Å². The van der Waals surface area contributed by atoms with Crippen LogP contribution in [0.5, 0.6) is 5.75 Å². The molecule has 0 saturated carbocycles. The maximum atomic E-state index is 11.9. The normalized spacial score (nSPS) is 10.5. The minimum atomic E-state index is -0.277. The monoisotopic (exact) mass is 421 g/mol. The third-order valence-electron chi connectivity index (χ3n) is 3.23. The van der Waals surface area contributed by atoms with Crippen molar-refractivity contribution in [1.29, 1.82) is 0 Å². The van der Waals surface area contributed by atoms with E-state index in [1.54, 1.807) is 28.9 Å². The van der Waals surface area contributed by atoms with Crippen molar-refractivity contribution in [3.05, 3.63) is 63.9 Å². The van der Waals surface area contributed by atoms with Crippen LogP contribution in [-0.4, -0.2) is 32.7 Å². The second kappa shape index (κ2) is 8.09. The molecule has 1 aromatic heterocycles. The molecule has 1 heterocycles. The van der Waals surface area contributed by atoms with Crippen LogP contribution in [0.3, 0.4) is 0 Å². The van der Waals surface area contributed by atoms with Crippen LogP contribution in [0.15, 0.2) is 53.0 Å². The first-order valence-electron chi connectivity index (χ1n) is 7.30. The van der Waals surface area contributed by atoms with Gasteiger partial charge in [-0.05, 0) is 59.0 Å². The number of carbonyl (C=O) groups is 1. The van der Waals surface area contributed by atoms with E-state index in [1.807, 2.05) is 24.3 Å². The number of ether oxygens (including phenoxy) is 1. The number of rotatable bonds is 6. The molecule has 9 heteroatoms. The Morgan fingerprint density at radius 2 is 1.88 bits per heavy atom. The Balaban J connectivity index is 1.55. The van der Waals surface area contributed by atoms with Crippen LogP contribution in [0.1, 0.15) is 5.82 Å². The molecule has 0 saturated heterocycles. The zero-order chi connectivity index (χ0) is 17.6. The van der Waals surface area contributed by atoms with Gasteiger partial charge in [-0.15, -0.1) is 5.10 Å². The Kier molecular flexibility index (Phi) is 5.62. The number of benzene rings is 2. The summed E-state index contributed by atoms with van der Waals surface area (Å²) in [6.07, 6.45) is 0. The maximum absolute atomic E-state index is 11.9. The van der Waals surface area contributed by atoms with Crippen LogP contribution in [0.4, 0.5) is 0 Å². The van der Waals surface area contributed by atoms with Crippen molar-refractivity contribution in [3.8, 4) is 11.4 Å². The largest absolute Gasteiger partial charge is 0.484 e. The number of nitrogens with zero attached hydrogens (tertiary/aromatic N) is 4. The molecule has 0 fully saturated rings. The quantitative estimate of drug-likeness (QED) is 0.660. The molecule has 0 aliphatic carbocycles. The zero-order valence-electron chi connectivity index (χ0n) is 12.9. The summed E-state index contributed by atoms with van der Waals surface area (Å²) in [5.74, 6) is 0.807. The van der Waals surface area contributed by atoms with Gasteiger partial charge in [0.05, 0.1) is 12.2 Å². The molecular formula is C16H13BrClN5O2. The van der Waals surface area contributed by atoms with E-state index in [1.165, 1.54) is 0 Å². The van der Waals surface area contributed by atoms with E-state index in [9.17, 15) is 4.79 Å². The highest BCUT2D eigenvalue weighted by atomic mass is 79.9. The zero-order valence-corrected chi connectivity index (χ0v) is 15.2. The van der Waals surface area contributed by atoms with Gasteiger partial charge in [-0.3, -0.25) is 4.79 Å². The number of aromatic nitrogens is 4. The lowest BCUT2D eigenvalue weighted by Crippen LogP contribution is -2.29. The summed E-state index contributed by atoms with van der Waals surface area (Å²) in [6.45, 7) is 0.0767. The highest BCUT2D eigenvalue weighted by Gasteiger charge is 2.10. The number of hydrogen-bond acceptors (Lipinski definition) is 5. The van der Waals surface area contributed by atoms with Crippen molar-refractivity contribution >= 4 is 33.4 Å². The number of carbonyl (C=O) groups excluding carboxylic acids is 1. The minimum Gasteiger partial charge on any atom is -0.484 e. The molecule has 0 radical (unpaired) electrons. The van der Waals surface area contributed by atoms with Crippen LogP contribution in [0.2, 0.25) is 5.02 Å². The molecule has 0 atom stereocenters. The highest BCUT2D eigenvalue weighted by Crippen LogP contribution is 2.15. The predicted octanol–water partition coefficient (Wildman–Crippen LogP) is 2.77. The number of tetrazole rings is 1. The van der Waals surface area contributed by atoms with Crippen molar-refractivity contribution in [1.82, 2.24) is 25.5 Å². The number of hydrogen-bond donors (Lipinski definition) is 1. The Hall–Kier alpha value is -2.45. The molecule has 1 N–H and O–H groups in total. The maximum Gasteiger partial charge on any atom is 0.258 e. The van der Waals surface area contributed by atoms with Crippen LogP contribution in [0, 0.1) is 0 Å². The second-order valence-electron chi connectivity index (χ2n) is 5.00. The standard InChI is InChI=1S/C16H13BrClN5O2/c17-11-1-5-13(6-2-11)23-15(20-21-22-23)9-19-16(24)10-25-14-7-3-12(18)4-8-14/h1-8H,9-10H2,(H,19,24). The summed E-state index contributed by atoms with van der Waals surface area (Å²) in [5, 5.41) is 14.9. The van der Waals surface area contributed by atoms with Gasteiger partial charge in [0.25, 0.3) is 5.91 Å². The lowest BCUT2D eigenvalue weighted by Gasteiger charge is -2.08. The van der Waals surface area contributed by atoms with Gasteiger partial charge in [0.2, 0.25) is 0 Å². The Morgan fingerprint density at radius 1 is 1.16 bits per heavy atom. The van der Waals surface area contributed by atoms with Gasteiger partial charge in [-0.25, -0.2) is 0 Å². The number of amides is 1. The SMILES string of the molecule is O=C(COc1ccc(Cl)cc1)NCc1nnnn1-c1ccc(Br)cc1. The van der Waals surface area contributed by atoms with Crippen molar-refractivity contribution in [2.75, 3.05) is 6.61 Å². The Morgan fingerprint density at radius 3 is 2.60 bits per heavy atom. The molecule has 25 heavy (non-hydrogen) atoms. The molecule has 7 nitrogen and oxygen atoms in total. The van der Waals surface area contributed by atoms with Gasteiger partial charge in [-0.1, -0.05) is 27.5 Å². The molecule has 128 valence electrons. The summed E-state index contributed by atoms with van der Waals surface area (Å²) in [7, 11) is 0. The van der Waals surface area contributed by atoms with Crippen molar-refractivity contribution in [2.45, 2.75) is 6.54 Å². The van der Waals surface area contributed by atoms with Crippen molar-refractivity contribution < 1.29 is 9.53 Å². The van der Waals surface area contributed by atoms with Crippen molar-refractivity contribution in [2.24, 2.45) is 0 Å². The van der Waals surface area contributed by atoms with Crippen LogP contribution >= 0.6 is 27.5 Å². The van der Waals surface area contributed by atoms with E-state index in [2.05, 4.69) is 36.8 Å². The summed E-state index contributed by atoms with van der Waals surface area (Å²) in [6, 6.07) is 14.3. The fraction of sp³-hybridized carbons (Fsp3) is 0.125. The predicted molar refractivity (Wildman–Crippen MR) is 95.6 cm³/mol. The molecule has 0 unspecified atom stereocenters. The topological polar surface area (TPSA) is 81.9 Å². The second-order valence-corrected chi connectivity index (χ2v) is 6.35. The first-order valence-corrected chi connectivity index (χ1v) is 8.47. The van der Waals surface area contributed by atoms with Gasteiger partial charge in [0.15, 0.2) is 12.4 Å². The van der Waals surface area contributed by atoms with E-state index in [0.29, 0.717) is 16.6 Å². The molecule has 0 aliphatic heterocycles. The minimum absolute atomic E-state index is 0.110. The van der Waals surface area contributed by atoms with Gasteiger partial charge < -0.3 is 10.1 Å². The Bertz CT molecular complexity index is 852. The molecule has 1 amide bonds. The third kappa shape index (κ3) is 4.77. The first-order chi connectivity index (χ1) is 12.1. The third-order valence-corrected chi connectivity index (χ3v) is 4.01. The van der Waals surface area contributed by atoms with Gasteiger partial charge in [0, 0.05) is 9.50 Å². The van der Waals surface area contributed by atoms with Gasteiger partial charge >= 0.3 is 0 Å². The average Bonchev–Trinajstić information content (AvgIpc) is 3.09. The van der Waals surface area contributed by atoms with Crippen LogP contribution in [0.25, 0.3) is 5.69 Å². The van der Waals surface area contributed by atoms with E-state index in [4.69, 9.17) is 16.3 Å². The lowest BCUT2D eigenvalue weighted by atomic mass is 10.3. The van der Waals surface area contributed by atoms with E-state index >= 15 is 0 Å². The molecule has 3 aromatic rings. The lowest BCUT2D eigenvalue weighted by molar-refractivity contribution is -0.123. The number of nitrogens with one attached hydrogen (secondary N) is 1. The fourth-order valence-electron chi connectivity index (χ4n) is 2.01. The summed E-state index contributed by atoms with van der Waals surface area (Å²) >= 11 is 9.17. The number of halogens is 2. The molecule has 2 aromatic carbocycles. The summed E-state index contributed by atoms with van der Waals surface area (Å²) in [4.78, 5) is 11.9. The molecule has 0 aliphatic rings. The average molecular weight is 423 g/mol. The summed E-state index contributed by atoms with van der Waals surface area (Å²) in [5.41, 5.74) is 0.801. The highest BCUT2D eigenvalue weighted by molar-refractivity contribution is 9.10. The Labute approximate surface area is 157 Å². The molecular weight excluding hydrogens is 410 g/mol. The first kappa shape index (κ1) is 17.4. The van der Waals surface area contributed by atoms with Gasteiger partial charge in [0.1, 0.15) is 5.75 Å². The van der Waals surface area contributed by atoms with E-state index in [0.717, 1.165) is 10.2 Å². The summed E-state index contributed by atoms with van der Waals surface area (Å²) < 4.78 is 7.91. The smallest absolute Gasteiger partial charge is 0.258 e.